The standard InChI is InChI=1S/C10H12Cl2N2O3S/c1-2-3-14-10(15)6-4-9(18(13,16)17)8(12)5-7(6)11/h4-5H,2-3H2,1H3,(H,14,15)(H2,13,16,17). The summed E-state index contributed by atoms with van der Waals surface area (Å²) in [5.41, 5.74) is 0.0264. The lowest BCUT2D eigenvalue weighted by molar-refractivity contribution is 0.0953. The fourth-order valence-electron chi connectivity index (χ4n) is 1.25. The lowest BCUT2D eigenvalue weighted by Crippen LogP contribution is -2.25. The van der Waals surface area contributed by atoms with Crippen LogP contribution < -0.4 is 10.5 Å². The fraction of sp³-hybridized carbons (Fsp3) is 0.300. The van der Waals surface area contributed by atoms with E-state index in [9.17, 15) is 13.2 Å². The van der Waals surface area contributed by atoms with Gasteiger partial charge in [0.25, 0.3) is 5.91 Å². The highest BCUT2D eigenvalue weighted by Gasteiger charge is 2.19. The van der Waals surface area contributed by atoms with Crippen molar-refractivity contribution in [3.63, 3.8) is 0 Å². The predicted molar refractivity (Wildman–Crippen MR) is 70.5 cm³/mol. The minimum absolute atomic E-state index is 0.0264. The number of nitrogens with one attached hydrogen (secondary N) is 1. The molecule has 0 saturated carbocycles. The van der Waals surface area contributed by atoms with Crippen LogP contribution in [0.25, 0.3) is 0 Å². The van der Waals surface area contributed by atoms with Gasteiger partial charge in [-0.25, -0.2) is 13.6 Å². The molecule has 0 radical (unpaired) electrons. The molecule has 5 nitrogen and oxygen atoms in total. The van der Waals surface area contributed by atoms with Crippen LogP contribution in [-0.2, 0) is 10.0 Å². The Hall–Kier alpha value is -0.820. The summed E-state index contributed by atoms with van der Waals surface area (Å²) in [6, 6.07) is 2.26. The van der Waals surface area contributed by atoms with Crippen molar-refractivity contribution in [2.75, 3.05) is 6.54 Å². The number of amides is 1. The first kappa shape index (κ1) is 15.2. The molecule has 0 spiro atoms. The number of sulfonamides is 1. The molecule has 0 saturated heterocycles. The maximum absolute atomic E-state index is 11.7. The van der Waals surface area contributed by atoms with Gasteiger partial charge in [0.05, 0.1) is 15.6 Å². The second-order valence-corrected chi connectivity index (χ2v) is 5.91. The van der Waals surface area contributed by atoms with Gasteiger partial charge >= 0.3 is 0 Å². The molecule has 1 rings (SSSR count). The summed E-state index contributed by atoms with van der Waals surface area (Å²) in [7, 11) is -4.00. The Morgan fingerprint density at radius 2 is 1.94 bits per heavy atom. The average Bonchev–Trinajstić information content (AvgIpc) is 2.24. The first-order valence-electron chi connectivity index (χ1n) is 5.07. The van der Waals surface area contributed by atoms with E-state index in [0.29, 0.717) is 6.54 Å². The van der Waals surface area contributed by atoms with Crippen LogP contribution in [0.5, 0.6) is 0 Å². The normalized spacial score (nSPS) is 11.3. The number of carbonyl (C=O) groups is 1. The summed E-state index contributed by atoms with van der Waals surface area (Å²) in [6.45, 7) is 2.35. The molecular weight excluding hydrogens is 299 g/mol. The number of hydrogen-bond donors (Lipinski definition) is 2. The van der Waals surface area contributed by atoms with Gasteiger partial charge in [0.15, 0.2) is 0 Å². The Labute approximate surface area is 115 Å². The first-order chi connectivity index (χ1) is 8.27. The van der Waals surface area contributed by atoms with E-state index >= 15 is 0 Å². The van der Waals surface area contributed by atoms with Crippen molar-refractivity contribution in [3.05, 3.63) is 27.7 Å². The van der Waals surface area contributed by atoms with E-state index in [4.69, 9.17) is 28.3 Å². The van der Waals surface area contributed by atoms with Gasteiger partial charge in [-0.2, -0.15) is 0 Å². The van der Waals surface area contributed by atoms with E-state index in [0.717, 1.165) is 12.5 Å². The topological polar surface area (TPSA) is 89.3 Å². The molecule has 0 bridgehead atoms. The van der Waals surface area contributed by atoms with Gasteiger partial charge in [0.1, 0.15) is 4.90 Å². The van der Waals surface area contributed by atoms with E-state index in [-0.39, 0.29) is 20.5 Å². The molecule has 1 aromatic carbocycles. The van der Waals surface area contributed by atoms with Gasteiger partial charge in [-0.1, -0.05) is 30.1 Å². The SMILES string of the molecule is CCCNC(=O)c1cc(S(N)(=O)=O)c(Cl)cc1Cl. The minimum Gasteiger partial charge on any atom is -0.352 e. The molecule has 1 aromatic rings. The largest absolute Gasteiger partial charge is 0.352 e. The summed E-state index contributed by atoms with van der Waals surface area (Å²) in [6.07, 6.45) is 0.749. The molecule has 3 N–H and O–H groups in total. The van der Waals surface area contributed by atoms with Crippen molar-refractivity contribution in [1.82, 2.24) is 5.32 Å². The number of primary sulfonamides is 1. The summed E-state index contributed by atoms with van der Waals surface area (Å²) in [5.74, 6) is -0.469. The third kappa shape index (κ3) is 3.58. The van der Waals surface area contributed by atoms with E-state index in [1.807, 2.05) is 6.92 Å². The van der Waals surface area contributed by atoms with Gasteiger partial charge in [-0.15, -0.1) is 0 Å². The fourth-order valence-corrected chi connectivity index (χ4v) is 2.66. The summed E-state index contributed by atoms with van der Waals surface area (Å²) in [4.78, 5) is 11.4. The van der Waals surface area contributed by atoms with Crippen molar-refractivity contribution in [3.8, 4) is 0 Å². The highest BCUT2D eigenvalue weighted by atomic mass is 35.5. The second kappa shape index (κ2) is 5.88. The maximum atomic E-state index is 11.7. The van der Waals surface area contributed by atoms with Crippen LogP contribution in [0.15, 0.2) is 17.0 Å². The molecule has 0 aliphatic heterocycles. The van der Waals surface area contributed by atoms with Crippen molar-refractivity contribution in [2.45, 2.75) is 18.2 Å². The highest BCUT2D eigenvalue weighted by molar-refractivity contribution is 7.89. The molecule has 100 valence electrons. The average molecular weight is 311 g/mol. The molecule has 0 atom stereocenters. The van der Waals surface area contributed by atoms with Gasteiger partial charge in [-0.3, -0.25) is 4.79 Å². The van der Waals surface area contributed by atoms with Crippen LogP contribution >= 0.6 is 23.2 Å². The van der Waals surface area contributed by atoms with Gasteiger partial charge in [0.2, 0.25) is 10.0 Å². The number of benzene rings is 1. The number of halogens is 2. The smallest absolute Gasteiger partial charge is 0.252 e. The maximum Gasteiger partial charge on any atom is 0.252 e. The Morgan fingerprint density at radius 1 is 1.33 bits per heavy atom. The van der Waals surface area contributed by atoms with E-state index in [1.54, 1.807) is 0 Å². The summed E-state index contributed by atoms with van der Waals surface area (Å²) >= 11 is 11.6. The van der Waals surface area contributed by atoms with E-state index < -0.39 is 15.9 Å². The lowest BCUT2D eigenvalue weighted by atomic mass is 10.2. The molecule has 18 heavy (non-hydrogen) atoms. The Morgan fingerprint density at radius 3 is 2.44 bits per heavy atom. The first-order valence-corrected chi connectivity index (χ1v) is 7.37. The Bertz CT molecular complexity index is 573. The van der Waals surface area contributed by atoms with Crippen LogP contribution in [-0.4, -0.2) is 20.9 Å². The van der Waals surface area contributed by atoms with E-state index in [2.05, 4.69) is 5.32 Å². The van der Waals surface area contributed by atoms with Crippen LogP contribution in [0, 0.1) is 0 Å². The van der Waals surface area contributed by atoms with Crippen LogP contribution in [0.2, 0.25) is 10.0 Å². The molecule has 0 heterocycles. The van der Waals surface area contributed by atoms with Gasteiger partial charge in [-0.05, 0) is 18.6 Å². The van der Waals surface area contributed by atoms with Crippen LogP contribution in [0.3, 0.4) is 0 Å². The van der Waals surface area contributed by atoms with Gasteiger partial charge in [0, 0.05) is 6.54 Å². The van der Waals surface area contributed by atoms with Gasteiger partial charge < -0.3 is 5.32 Å². The van der Waals surface area contributed by atoms with Crippen molar-refractivity contribution >= 4 is 39.1 Å². The zero-order valence-electron chi connectivity index (χ0n) is 9.54. The molecule has 1 amide bonds. The van der Waals surface area contributed by atoms with Crippen LogP contribution in [0.1, 0.15) is 23.7 Å². The number of carbonyl (C=O) groups excluding carboxylic acids is 1. The van der Waals surface area contributed by atoms with Crippen molar-refractivity contribution in [2.24, 2.45) is 5.14 Å². The predicted octanol–water partition coefficient (Wildman–Crippen LogP) is 1.78. The minimum atomic E-state index is -4.00. The van der Waals surface area contributed by atoms with Crippen molar-refractivity contribution < 1.29 is 13.2 Å². The molecule has 0 aliphatic rings. The summed E-state index contributed by atoms with van der Waals surface area (Å²) < 4.78 is 22.5. The molecule has 8 heteroatoms. The molecule has 0 aliphatic carbocycles. The quantitative estimate of drug-likeness (QED) is 0.888. The molecular formula is C10H12Cl2N2O3S. The molecule has 0 unspecified atom stereocenters. The van der Waals surface area contributed by atoms with E-state index in [1.165, 1.54) is 6.07 Å². The van der Waals surface area contributed by atoms with Crippen molar-refractivity contribution in [1.29, 1.82) is 0 Å². The number of nitrogens with two attached hydrogens (primary N) is 1. The molecule has 0 fully saturated rings. The molecule has 0 aromatic heterocycles. The number of rotatable bonds is 4. The third-order valence-electron chi connectivity index (χ3n) is 2.11. The summed E-state index contributed by atoms with van der Waals surface area (Å²) in [5, 5.41) is 7.53. The number of hydrogen-bond acceptors (Lipinski definition) is 3. The van der Waals surface area contributed by atoms with Crippen LogP contribution in [0.4, 0.5) is 0 Å². The second-order valence-electron chi connectivity index (χ2n) is 3.56. The zero-order valence-corrected chi connectivity index (χ0v) is 11.9. The lowest BCUT2D eigenvalue weighted by Gasteiger charge is -2.09. The Kier molecular flexibility index (Phi) is 4.98. The highest BCUT2D eigenvalue weighted by Crippen LogP contribution is 2.27. The third-order valence-corrected chi connectivity index (χ3v) is 3.80. The Balaban J connectivity index is 3.26. The zero-order chi connectivity index (χ0) is 13.9. The monoisotopic (exact) mass is 310 g/mol.